The fourth-order valence-corrected chi connectivity index (χ4v) is 4.61. The third kappa shape index (κ3) is 3.92. The minimum absolute atomic E-state index is 0.0127. The average molecular weight is 377 g/mol. The number of carbonyl (C=O) groups is 1. The van der Waals surface area contributed by atoms with Crippen molar-refractivity contribution in [1.29, 1.82) is 0 Å². The first-order valence-corrected chi connectivity index (χ1v) is 9.68. The van der Waals surface area contributed by atoms with Crippen LogP contribution in [0.15, 0.2) is 12.1 Å². The summed E-state index contributed by atoms with van der Waals surface area (Å²) in [4.78, 5) is 14.1. The molecule has 0 aromatic heterocycles. The van der Waals surface area contributed by atoms with Gasteiger partial charge in [-0.25, -0.2) is 0 Å². The van der Waals surface area contributed by atoms with Crippen molar-refractivity contribution >= 4 is 5.97 Å². The van der Waals surface area contributed by atoms with Crippen molar-refractivity contribution < 1.29 is 24.1 Å². The highest BCUT2D eigenvalue weighted by molar-refractivity contribution is 5.66. The number of hydrogen-bond donors (Lipinski definition) is 1. The molecular weight excluding hydrogens is 346 g/mol. The predicted molar refractivity (Wildman–Crippen MR) is 102 cm³/mol. The SMILES string of the molecule is COc1cc2c(cc1OC)C1CC(O)(OC(C)=O)C(CC(C)C)CN1CC2. The summed E-state index contributed by atoms with van der Waals surface area (Å²) in [5.41, 5.74) is 2.31. The van der Waals surface area contributed by atoms with Gasteiger partial charge in [-0.2, -0.15) is 0 Å². The van der Waals surface area contributed by atoms with Crippen LogP contribution in [0.25, 0.3) is 0 Å². The van der Waals surface area contributed by atoms with Crippen LogP contribution < -0.4 is 9.47 Å². The first-order chi connectivity index (χ1) is 12.8. The van der Waals surface area contributed by atoms with E-state index >= 15 is 0 Å². The van der Waals surface area contributed by atoms with Gasteiger partial charge >= 0.3 is 5.97 Å². The number of fused-ring (bicyclic) bond motifs is 3. The Kier molecular flexibility index (Phi) is 5.68. The molecule has 1 saturated heterocycles. The number of hydrogen-bond acceptors (Lipinski definition) is 6. The van der Waals surface area contributed by atoms with E-state index < -0.39 is 11.8 Å². The van der Waals surface area contributed by atoms with Gasteiger partial charge in [-0.3, -0.25) is 9.69 Å². The molecule has 0 saturated carbocycles. The van der Waals surface area contributed by atoms with Gasteiger partial charge in [0.25, 0.3) is 0 Å². The van der Waals surface area contributed by atoms with Gasteiger partial charge in [0.15, 0.2) is 11.5 Å². The molecule has 0 spiro atoms. The van der Waals surface area contributed by atoms with E-state index in [1.54, 1.807) is 14.2 Å². The highest BCUT2D eigenvalue weighted by Gasteiger charge is 2.50. The quantitative estimate of drug-likeness (QED) is 0.629. The van der Waals surface area contributed by atoms with Crippen molar-refractivity contribution in [3.8, 4) is 11.5 Å². The number of nitrogens with zero attached hydrogens (tertiary/aromatic N) is 1. The molecule has 2 heterocycles. The minimum atomic E-state index is -1.45. The van der Waals surface area contributed by atoms with Crippen molar-refractivity contribution in [3.63, 3.8) is 0 Å². The van der Waals surface area contributed by atoms with Gasteiger partial charge in [-0.1, -0.05) is 13.8 Å². The molecular formula is C21H31NO5. The molecule has 0 radical (unpaired) electrons. The number of esters is 1. The summed E-state index contributed by atoms with van der Waals surface area (Å²) in [6.07, 6.45) is 2.10. The summed E-state index contributed by atoms with van der Waals surface area (Å²) >= 11 is 0. The predicted octanol–water partition coefficient (Wildman–Crippen LogP) is 2.92. The Morgan fingerprint density at radius 3 is 2.56 bits per heavy atom. The molecule has 6 nitrogen and oxygen atoms in total. The molecule has 2 aliphatic rings. The Hall–Kier alpha value is -1.79. The number of methoxy groups -OCH3 is 2. The van der Waals surface area contributed by atoms with Crippen LogP contribution >= 0.6 is 0 Å². The fourth-order valence-electron chi connectivity index (χ4n) is 4.61. The Labute approximate surface area is 161 Å². The number of piperidine rings is 1. The normalized spacial score (nSPS) is 27.7. The zero-order valence-corrected chi connectivity index (χ0v) is 16.9. The zero-order chi connectivity index (χ0) is 19.8. The van der Waals surface area contributed by atoms with Gasteiger partial charge in [0.1, 0.15) is 0 Å². The molecule has 0 amide bonds. The molecule has 2 aliphatic heterocycles. The number of ether oxygens (including phenoxy) is 3. The number of carbonyl (C=O) groups excluding carboxylic acids is 1. The molecule has 150 valence electrons. The van der Waals surface area contributed by atoms with Crippen LogP contribution in [-0.4, -0.2) is 49.1 Å². The van der Waals surface area contributed by atoms with Crippen LogP contribution in [0, 0.1) is 11.8 Å². The summed E-state index contributed by atoms with van der Waals surface area (Å²) in [5.74, 6) is -0.177. The van der Waals surface area contributed by atoms with E-state index in [1.165, 1.54) is 12.5 Å². The lowest BCUT2D eigenvalue weighted by atomic mass is 9.77. The maximum absolute atomic E-state index is 11.7. The monoisotopic (exact) mass is 377 g/mol. The molecule has 3 rings (SSSR count). The van der Waals surface area contributed by atoms with E-state index in [2.05, 4.69) is 18.7 Å². The second kappa shape index (κ2) is 7.68. The van der Waals surface area contributed by atoms with E-state index in [1.807, 2.05) is 12.1 Å². The lowest BCUT2D eigenvalue weighted by molar-refractivity contribution is -0.258. The van der Waals surface area contributed by atoms with Crippen LogP contribution in [-0.2, 0) is 16.0 Å². The molecule has 1 aromatic rings. The van der Waals surface area contributed by atoms with Crippen LogP contribution in [0.1, 0.15) is 50.8 Å². The molecule has 3 atom stereocenters. The summed E-state index contributed by atoms with van der Waals surface area (Å²) in [5, 5.41) is 11.3. The second-order valence-electron chi connectivity index (χ2n) is 8.14. The molecule has 27 heavy (non-hydrogen) atoms. The topological polar surface area (TPSA) is 68.2 Å². The van der Waals surface area contributed by atoms with E-state index in [4.69, 9.17) is 14.2 Å². The maximum atomic E-state index is 11.7. The molecule has 1 N–H and O–H groups in total. The van der Waals surface area contributed by atoms with Crippen molar-refractivity contribution in [3.05, 3.63) is 23.3 Å². The van der Waals surface area contributed by atoms with Gasteiger partial charge in [-0.05, 0) is 42.0 Å². The third-order valence-electron chi connectivity index (χ3n) is 5.77. The molecule has 1 fully saturated rings. The lowest BCUT2D eigenvalue weighted by Gasteiger charge is -2.50. The Bertz CT molecular complexity index is 704. The number of aliphatic hydroxyl groups is 1. The zero-order valence-electron chi connectivity index (χ0n) is 16.9. The van der Waals surface area contributed by atoms with Crippen LogP contribution in [0.2, 0.25) is 0 Å². The summed E-state index contributed by atoms with van der Waals surface area (Å²) in [7, 11) is 3.26. The van der Waals surface area contributed by atoms with Crippen LogP contribution in [0.3, 0.4) is 0 Å². The molecule has 1 aromatic carbocycles. The summed E-state index contributed by atoms with van der Waals surface area (Å²) < 4.78 is 16.4. The highest BCUT2D eigenvalue weighted by Crippen LogP contribution is 2.47. The van der Waals surface area contributed by atoms with Crippen molar-refractivity contribution in [2.24, 2.45) is 11.8 Å². The van der Waals surface area contributed by atoms with E-state index in [0.29, 0.717) is 30.4 Å². The van der Waals surface area contributed by atoms with E-state index in [0.717, 1.165) is 24.9 Å². The number of benzene rings is 1. The van der Waals surface area contributed by atoms with Crippen molar-refractivity contribution in [2.75, 3.05) is 27.3 Å². The minimum Gasteiger partial charge on any atom is -0.493 e. The summed E-state index contributed by atoms with van der Waals surface area (Å²) in [6.45, 7) is 7.24. The van der Waals surface area contributed by atoms with Crippen LogP contribution in [0.5, 0.6) is 11.5 Å². The summed E-state index contributed by atoms with van der Waals surface area (Å²) in [6, 6.07) is 4.01. The molecule has 0 bridgehead atoms. The molecule has 3 unspecified atom stereocenters. The van der Waals surface area contributed by atoms with Crippen LogP contribution in [0.4, 0.5) is 0 Å². The Balaban J connectivity index is 1.97. The molecule has 6 heteroatoms. The second-order valence-corrected chi connectivity index (χ2v) is 8.14. The van der Waals surface area contributed by atoms with Gasteiger partial charge < -0.3 is 19.3 Å². The fraction of sp³-hybridized carbons (Fsp3) is 0.667. The van der Waals surface area contributed by atoms with Gasteiger partial charge in [0.05, 0.1) is 14.2 Å². The smallest absolute Gasteiger partial charge is 0.305 e. The standard InChI is InChI=1S/C21H31NO5/c1-13(2)8-16-12-22-7-6-15-9-19(25-4)20(26-5)10-17(15)18(22)11-21(16,24)27-14(3)23/h9-10,13,16,18,24H,6-8,11-12H2,1-5H3. The molecule has 0 aliphatic carbocycles. The van der Waals surface area contributed by atoms with Gasteiger partial charge in [0.2, 0.25) is 5.79 Å². The van der Waals surface area contributed by atoms with Crippen molar-refractivity contribution in [1.82, 2.24) is 4.90 Å². The highest BCUT2D eigenvalue weighted by atomic mass is 16.7. The first kappa shape index (κ1) is 20.0. The number of rotatable bonds is 5. The van der Waals surface area contributed by atoms with E-state index in [-0.39, 0.29) is 12.0 Å². The van der Waals surface area contributed by atoms with Gasteiger partial charge in [-0.15, -0.1) is 0 Å². The largest absolute Gasteiger partial charge is 0.493 e. The van der Waals surface area contributed by atoms with Gasteiger partial charge in [0, 0.05) is 38.4 Å². The lowest BCUT2D eigenvalue weighted by Crippen LogP contribution is -2.56. The average Bonchev–Trinajstić information content (AvgIpc) is 2.60. The Morgan fingerprint density at radius 1 is 1.30 bits per heavy atom. The first-order valence-electron chi connectivity index (χ1n) is 9.68. The Morgan fingerprint density at radius 2 is 1.96 bits per heavy atom. The van der Waals surface area contributed by atoms with Crippen molar-refractivity contribution in [2.45, 2.75) is 51.9 Å². The maximum Gasteiger partial charge on any atom is 0.305 e. The van der Waals surface area contributed by atoms with E-state index in [9.17, 15) is 9.90 Å². The third-order valence-corrected chi connectivity index (χ3v) is 5.77.